The molecule has 0 saturated heterocycles. The molecule has 2 aromatic rings. The zero-order valence-corrected chi connectivity index (χ0v) is 14.5. The number of pyridine rings is 1. The molecule has 2 rings (SSSR count). The van der Waals surface area contributed by atoms with E-state index in [0.717, 1.165) is 5.56 Å². The van der Waals surface area contributed by atoms with Crippen LogP contribution in [0.1, 0.15) is 17.5 Å². The first-order valence-corrected chi connectivity index (χ1v) is 8.41. The first kappa shape index (κ1) is 18.9. The zero-order chi connectivity index (χ0) is 17.9. The Morgan fingerprint density at radius 2 is 1.96 bits per heavy atom. The Kier molecular flexibility index (Phi) is 7.88. The van der Waals surface area contributed by atoms with E-state index in [-0.39, 0.29) is 12.5 Å². The van der Waals surface area contributed by atoms with Crippen molar-refractivity contribution in [3.05, 3.63) is 53.7 Å². The normalized spacial score (nSPS) is 10.5. The number of benzene rings is 1. The van der Waals surface area contributed by atoms with Gasteiger partial charge in [0.15, 0.2) is 0 Å². The number of anilines is 2. The lowest BCUT2D eigenvalue weighted by molar-refractivity contribution is -0.116. The highest BCUT2D eigenvalue weighted by atomic mass is 16.5. The summed E-state index contributed by atoms with van der Waals surface area (Å²) in [6.07, 6.45) is 2.78. The van der Waals surface area contributed by atoms with Gasteiger partial charge in [-0.05, 0) is 31.0 Å². The molecule has 134 valence electrons. The molecule has 0 atom stereocenters. The van der Waals surface area contributed by atoms with Crippen molar-refractivity contribution < 1.29 is 14.6 Å². The summed E-state index contributed by atoms with van der Waals surface area (Å²) in [6.45, 7) is 3.51. The lowest BCUT2D eigenvalue weighted by atomic mass is 10.1. The summed E-state index contributed by atoms with van der Waals surface area (Å²) in [7, 11) is 0. The summed E-state index contributed by atoms with van der Waals surface area (Å²) in [5, 5.41) is 14.6. The fraction of sp³-hybridized carbons (Fsp3) is 0.368. The minimum Gasteiger partial charge on any atom is -0.394 e. The van der Waals surface area contributed by atoms with E-state index in [2.05, 4.69) is 39.9 Å². The van der Waals surface area contributed by atoms with Crippen molar-refractivity contribution in [1.29, 1.82) is 0 Å². The molecule has 0 fully saturated rings. The molecule has 3 N–H and O–H groups in total. The molecule has 1 aromatic carbocycles. The van der Waals surface area contributed by atoms with Gasteiger partial charge in [0.25, 0.3) is 0 Å². The molecule has 1 aromatic heterocycles. The number of aryl methyl sites for hydroxylation is 2. The summed E-state index contributed by atoms with van der Waals surface area (Å²) in [5.74, 6) is 0.686. The molecule has 0 spiro atoms. The molecular weight excluding hydrogens is 318 g/mol. The third-order valence-electron chi connectivity index (χ3n) is 3.60. The van der Waals surface area contributed by atoms with Crippen molar-refractivity contribution in [3.8, 4) is 0 Å². The highest BCUT2D eigenvalue weighted by molar-refractivity contribution is 5.90. The van der Waals surface area contributed by atoms with Crippen molar-refractivity contribution in [2.75, 3.05) is 37.0 Å². The smallest absolute Gasteiger partial charge is 0.224 e. The Bertz CT molecular complexity index is 642. The molecule has 1 heterocycles. The predicted octanol–water partition coefficient (Wildman–Crippen LogP) is 2.38. The topological polar surface area (TPSA) is 83.5 Å². The van der Waals surface area contributed by atoms with E-state index in [1.807, 2.05) is 19.1 Å². The number of carbonyl (C=O) groups excluding carboxylic acids is 1. The van der Waals surface area contributed by atoms with E-state index in [9.17, 15) is 4.79 Å². The molecule has 0 aliphatic heterocycles. The Morgan fingerprint density at radius 1 is 1.16 bits per heavy atom. The van der Waals surface area contributed by atoms with Crippen molar-refractivity contribution in [3.63, 3.8) is 0 Å². The molecule has 6 heteroatoms. The monoisotopic (exact) mass is 343 g/mol. The maximum Gasteiger partial charge on any atom is 0.224 e. The molecule has 0 bridgehead atoms. The number of ether oxygens (including phenoxy) is 1. The van der Waals surface area contributed by atoms with E-state index in [1.54, 1.807) is 6.20 Å². The van der Waals surface area contributed by atoms with Crippen molar-refractivity contribution in [2.45, 2.75) is 19.8 Å². The Balaban J connectivity index is 1.70. The fourth-order valence-electron chi connectivity index (χ4n) is 2.23. The van der Waals surface area contributed by atoms with E-state index >= 15 is 0 Å². The van der Waals surface area contributed by atoms with Crippen molar-refractivity contribution in [2.24, 2.45) is 0 Å². The third-order valence-corrected chi connectivity index (χ3v) is 3.60. The second kappa shape index (κ2) is 10.4. The maximum atomic E-state index is 12.0. The molecular formula is C19H25N3O3. The number of hydrogen-bond acceptors (Lipinski definition) is 5. The summed E-state index contributed by atoms with van der Waals surface area (Å²) in [6, 6.07) is 11.8. The van der Waals surface area contributed by atoms with Gasteiger partial charge in [0, 0.05) is 13.0 Å². The van der Waals surface area contributed by atoms with Crippen LogP contribution in [0.5, 0.6) is 0 Å². The number of aromatic nitrogens is 1. The number of nitrogens with one attached hydrogen (secondary N) is 2. The minimum atomic E-state index is -0.0273. The second-order valence-electron chi connectivity index (χ2n) is 5.73. The first-order chi connectivity index (χ1) is 12.2. The number of rotatable bonds is 10. The van der Waals surface area contributed by atoms with Crippen LogP contribution in [0.15, 0.2) is 42.6 Å². The van der Waals surface area contributed by atoms with Gasteiger partial charge in [-0.2, -0.15) is 0 Å². The molecule has 0 aliphatic rings. The lowest BCUT2D eigenvalue weighted by Gasteiger charge is -2.08. The van der Waals surface area contributed by atoms with E-state index < -0.39 is 0 Å². The summed E-state index contributed by atoms with van der Waals surface area (Å²) in [5.41, 5.74) is 3.05. The van der Waals surface area contributed by atoms with Gasteiger partial charge in [0.2, 0.25) is 5.91 Å². The number of amides is 1. The number of aliphatic hydroxyl groups is 1. The Morgan fingerprint density at radius 3 is 2.64 bits per heavy atom. The van der Waals surface area contributed by atoms with Crippen LogP contribution < -0.4 is 10.6 Å². The zero-order valence-electron chi connectivity index (χ0n) is 14.5. The first-order valence-electron chi connectivity index (χ1n) is 8.41. The maximum absolute atomic E-state index is 12.0. The van der Waals surface area contributed by atoms with E-state index in [4.69, 9.17) is 9.84 Å². The van der Waals surface area contributed by atoms with Gasteiger partial charge < -0.3 is 20.5 Å². The highest BCUT2D eigenvalue weighted by Gasteiger charge is 2.04. The summed E-state index contributed by atoms with van der Waals surface area (Å²) < 4.78 is 5.15. The van der Waals surface area contributed by atoms with Gasteiger partial charge in [0.1, 0.15) is 5.82 Å². The molecule has 1 amide bonds. The van der Waals surface area contributed by atoms with Crippen molar-refractivity contribution in [1.82, 2.24) is 4.98 Å². The van der Waals surface area contributed by atoms with Gasteiger partial charge in [-0.15, -0.1) is 0 Å². The summed E-state index contributed by atoms with van der Waals surface area (Å²) >= 11 is 0. The van der Waals surface area contributed by atoms with Gasteiger partial charge >= 0.3 is 0 Å². The number of hydrogen-bond donors (Lipinski definition) is 3. The highest BCUT2D eigenvalue weighted by Crippen LogP contribution is 2.11. The quantitative estimate of drug-likeness (QED) is 0.577. The lowest BCUT2D eigenvalue weighted by Crippen LogP contribution is -2.14. The van der Waals surface area contributed by atoms with E-state index in [0.29, 0.717) is 44.1 Å². The van der Waals surface area contributed by atoms with Gasteiger partial charge in [0.05, 0.1) is 31.7 Å². The van der Waals surface area contributed by atoms with Crippen LogP contribution in [0.25, 0.3) is 0 Å². The SMILES string of the molecule is Cc1ccc(CCC(=O)Nc2ccc(NCCOCCO)nc2)cc1. The van der Waals surface area contributed by atoms with Crippen LogP contribution >= 0.6 is 0 Å². The van der Waals surface area contributed by atoms with Gasteiger partial charge in [-0.3, -0.25) is 4.79 Å². The van der Waals surface area contributed by atoms with Crippen LogP contribution in [0, 0.1) is 6.92 Å². The number of carbonyl (C=O) groups is 1. The van der Waals surface area contributed by atoms with E-state index in [1.165, 1.54) is 5.56 Å². The molecule has 6 nitrogen and oxygen atoms in total. The standard InChI is InChI=1S/C19H25N3O3/c1-15-2-4-16(5-3-15)6-9-19(24)22-17-7-8-18(21-14-17)20-10-12-25-13-11-23/h2-5,7-8,14,23H,6,9-13H2,1H3,(H,20,21)(H,22,24). The van der Waals surface area contributed by atoms with Crippen molar-refractivity contribution >= 4 is 17.4 Å². The second-order valence-corrected chi connectivity index (χ2v) is 5.73. The third kappa shape index (κ3) is 7.32. The number of aliphatic hydroxyl groups excluding tert-OH is 1. The number of nitrogens with zero attached hydrogens (tertiary/aromatic N) is 1. The van der Waals surface area contributed by atoms with Gasteiger partial charge in [-0.25, -0.2) is 4.98 Å². The fourth-order valence-corrected chi connectivity index (χ4v) is 2.23. The Labute approximate surface area is 148 Å². The minimum absolute atomic E-state index is 0.0244. The van der Waals surface area contributed by atoms with Crippen LogP contribution in [-0.2, 0) is 16.0 Å². The van der Waals surface area contributed by atoms with Crippen LogP contribution in [0.3, 0.4) is 0 Å². The van der Waals surface area contributed by atoms with Gasteiger partial charge in [-0.1, -0.05) is 29.8 Å². The van der Waals surface area contributed by atoms with Crippen LogP contribution in [-0.4, -0.2) is 42.4 Å². The molecule has 25 heavy (non-hydrogen) atoms. The summed E-state index contributed by atoms with van der Waals surface area (Å²) in [4.78, 5) is 16.3. The average Bonchev–Trinajstić information content (AvgIpc) is 2.62. The molecule has 0 saturated carbocycles. The predicted molar refractivity (Wildman–Crippen MR) is 98.8 cm³/mol. The Hall–Kier alpha value is -2.44. The van der Waals surface area contributed by atoms with Crippen LogP contribution in [0.2, 0.25) is 0 Å². The molecule has 0 aliphatic carbocycles. The van der Waals surface area contributed by atoms with Crippen LogP contribution in [0.4, 0.5) is 11.5 Å². The molecule has 0 unspecified atom stereocenters. The average molecular weight is 343 g/mol. The molecule has 0 radical (unpaired) electrons. The largest absolute Gasteiger partial charge is 0.394 e.